The molecule has 0 bridgehead atoms. The number of ether oxygens (including phenoxy) is 1. The van der Waals surface area contributed by atoms with E-state index in [4.69, 9.17) is 4.74 Å². The monoisotopic (exact) mass is 156 g/mol. The molecule has 0 aliphatic rings. The maximum absolute atomic E-state index is 10.8. The van der Waals surface area contributed by atoms with Crippen molar-refractivity contribution in [3.63, 3.8) is 0 Å². The van der Waals surface area contributed by atoms with E-state index in [2.05, 4.69) is 6.92 Å². The Labute approximate surface area is 68.2 Å². The van der Waals surface area contributed by atoms with E-state index >= 15 is 0 Å². The van der Waals surface area contributed by atoms with Crippen LogP contribution in [0.1, 0.15) is 33.6 Å². The zero-order chi connectivity index (χ0) is 8.69. The Morgan fingerprint density at radius 2 is 2.18 bits per heavy atom. The third-order valence-corrected chi connectivity index (χ3v) is 1.21. The average molecular weight is 156 g/mol. The lowest BCUT2D eigenvalue weighted by atomic mass is 10.2. The van der Waals surface area contributed by atoms with Crippen LogP contribution in [0.2, 0.25) is 0 Å². The van der Waals surface area contributed by atoms with Crippen LogP contribution in [0.15, 0.2) is 12.3 Å². The summed E-state index contributed by atoms with van der Waals surface area (Å²) >= 11 is 0. The van der Waals surface area contributed by atoms with Crippen molar-refractivity contribution in [3.8, 4) is 0 Å². The summed E-state index contributed by atoms with van der Waals surface area (Å²) < 4.78 is 4.79. The largest absolute Gasteiger partial charge is 0.435 e. The zero-order valence-corrected chi connectivity index (χ0v) is 7.46. The van der Waals surface area contributed by atoms with Crippen LogP contribution in [0.3, 0.4) is 0 Å². The minimum atomic E-state index is -0.169. The van der Waals surface area contributed by atoms with E-state index in [0.717, 1.165) is 12.8 Å². The van der Waals surface area contributed by atoms with Gasteiger partial charge in [-0.1, -0.05) is 27.2 Å². The quantitative estimate of drug-likeness (QED) is 0.461. The number of rotatable bonds is 4. The van der Waals surface area contributed by atoms with E-state index in [-0.39, 0.29) is 11.9 Å². The van der Waals surface area contributed by atoms with Gasteiger partial charge in [-0.2, -0.15) is 0 Å². The molecule has 0 rings (SSSR count). The second-order valence-electron chi connectivity index (χ2n) is 2.75. The first-order valence-electron chi connectivity index (χ1n) is 4.04. The number of unbranched alkanes of at least 4 members (excludes halogenated alkanes) is 1. The second kappa shape index (κ2) is 5.96. The number of allylic oxidation sites excluding steroid dienone is 1. The number of carbonyl (C=O) groups excluding carboxylic acids is 1. The molecule has 0 aromatic rings. The summed E-state index contributed by atoms with van der Waals surface area (Å²) in [4.78, 5) is 10.8. The Hall–Kier alpha value is -0.790. The molecule has 0 unspecified atom stereocenters. The lowest BCUT2D eigenvalue weighted by Crippen LogP contribution is -2.07. The van der Waals surface area contributed by atoms with Gasteiger partial charge in [0.25, 0.3) is 0 Å². The Morgan fingerprint density at radius 3 is 2.64 bits per heavy atom. The van der Waals surface area contributed by atoms with Gasteiger partial charge in [0, 0.05) is 0 Å². The van der Waals surface area contributed by atoms with Gasteiger partial charge in [-0.3, -0.25) is 4.79 Å². The number of hydrogen-bond acceptors (Lipinski definition) is 2. The van der Waals surface area contributed by atoms with Gasteiger partial charge < -0.3 is 4.74 Å². The molecule has 0 radical (unpaired) electrons. The molecule has 0 heterocycles. The van der Waals surface area contributed by atoms with E-state index in [1.807, 2.05) is 19.9 Å². The van der Waals surface area contributed by atoms with Gasteiger partial charge in [-0.25, -0.2) is 0 Å². The third kappa shape index (κ3) is 5.64. The van der Waals surface area contributed by atoms with Gasteiger partial charge in [0.2, 0.25) is 0 Å². The third-order valence-electron chi connectivity index (χ3n) is 1.21. The van der Waals surface area contributed by atoms with E-state index in [9.17, 15) is 4.79 Å². The summed E-state index contributed by atoms with van der Waals surface area (Å²) in [5.74, 6) is -0.210. The number of carbonyl (C=O) groups is 1. The highest BCUT2D eigenvalue weighted by Crippen LogP contribution is 1.97. The van der Waals surface area contributed by atoms with Crippen LogP contribution in [0.4, 0.5) is 0 Å². The van der Waals surface area contributed by atoms with Crippen LogP contribution < -0.4 is 0 Å². The van der Waals surface area contributed by atoms with Crippen molar-refractivity contribution in [1.29, 1.82) is 0 Å². The van der Waals surface area contributed by atoms with Crippen molar-refractivity contribution < 1.29 is 9.53 Å². The molecule has 0 amide bonds. The summed E-state index contributed by atoms with van der Waals surface area (Å²) in [6.45, 7) is 5.71. The molecule has 0 saturated heterocycles. The fraction of sp³-hybridized carbons (Fsp3) is 0.667. The normalized spacial score (nSPS) is 10.9. The molecule has 0 saturated carbocycles. The molecule has 0 aromatic heterocycles. The predicted octanol–water partition coefficient (Wildman–Crippen LogP) is 2.50. The van der Waals surface area contributed by atoms with Gasteiger partial charge in [-0.05, 0) is 12.5 Å². The van der Waals surface area contributed by atoms with E-state index in [0.29, 0.717) is 0 Å². The second-order valence-corrected chi connectivity index (χ2v) is 2.75. The molecule has 2 nitrogen and oxygen atoms in total. The first-order chi connectivity index (χ1) is 5.18. The molecule has 11 heavy (non-hydrogen) atoms. The minimum Gasteiger partial charge on any atom is -0.435 e. The molecule has 0 spiro atoms. The highest BCUT2D eigenvalue weighted by Gasteiger charge is 2.04. The average Bonchev–Trinajstić information content (AvgIpc) is 1.97. The van der Waals surface area contributed by atoms with Gasteiger partial charge in [0.05, 0.1) is 12.2 Å². The van der Waals surface area contributed by atoms with Crippen molar-refractivity contribution in [1.82, 2.24) is 0 Å². The molecular weight excluding hydrogens is 140 g/mol. The molecule has 0 aliphatic heterocycles. The van der Waals surface area contributed by atoms with Gasteiger partial charge in [-0.15, -0.1) is 0 Å². The molecule has 0 aliphatic carbocycles. The first kappa shape index (κ1) is 10.2. The van der Waals surface area contributed by atoms with Crippen molar-refractivity contribution >= 4 is 5.97 Å². The Bertz CT molecular complexity index is 136. The van der Waals surface area contributed by atoms with Crippen molar-refractivity contribution in [2.75, 3.05) is 0 Å². The Morgan fingerprint density at radius 1 is 1.55 bits per heavy atom. The van der Waals surface area contributed by atoms with Crippen LogP contribution in [-0.2, 0) is 9.53 Å². The standard InChI is InChI=1S/C9H16O2/c1-4-5-6-7-11-9(10)8(2)3/h6-8H,4-5H2,1-3H3. The SMILES string of the molecule is CCCC=COC(=O)C(C)C. The zero-order valence-electron chi connectivity index (χ0n) is 7.46. The van der Waals surface area contributed by atoms with Gasteiger partial charge in [0.1, 0.15) is 0 Å². The number of esters is 1. The van der Waals surface area contributed by atoms with E-state index in [1.165, 1.54) is 6.26 Å². The Balaban J connectivity index is 3.45. The lowest BCUT2D eigenvalue weighted by molar-refractivity contribution is -0.141. The highest BCUT2D eigenvalue weighted by atomic mass is 16.5. The fourth-order valence-electron chi connectivity index (χ4n) is 0.486. The van der Waals surface area contributed by atoms with Crippen LogP contribution in [0, 0.1) is 5.92 Å². The molecule has 64 valence electrons. The van der Waals surface area contributed by atoms with Crippen LogP contribution >= 0.6 is 0 Å². The molecule has 0 N–H and O–H groups in total. The van der Waals surface area contributed by atoms with Gasteiger partial charge >= 0.3 is 5.97 Å². The fourth-order valence-corrected chi connectivity index (χ4v) is 0.486. The molecule has 2 heteroatoms. The van der Waals surface area contributed by atoms with Crippen LogP contribution in [0.5, 0.6) is 0 Å². The highest BCUT2D eigenvalue weighted by molar-refractivity contribution is 5.72. The summed E-state index contributed by atoms with van der Waals surface area (Å²) in [6, 6.07) is 0. The summed E-state index contributed by atoms with van der Waals surface area (Å²) in [6.07, 6.45) is 5.38. The smallest absolute Gasteiger partial charge is 0.313 e. The minimum absolute atomic E-state index is 0.0405. The summed E-state index contributed by atoms with van der Waals surface area (Å²) in [5.41, 5.74) is 0. The maximum atomic E-state index is 10.8. The van der Waals surface area contributed by atoms with Crippen molar-refractivity contribution in [2.45, 2.75) is 33.6 Å². The summed E-state index contributed by atoms with van der Waals surface area (Å²) in [7, 11) is 0. The van der Waals surface area contributed by atoms with Crippen LogP contribution in [0.25, 0.3) is 0 Å². The molecule has 0 fully saturated rings. The first-order valence-corrected chi connectivity index (χ1v) is 4.04. The predicted molar refractivity (Wildman–Crippen MR) is 45.0 cm³/mol. The molecule has 0 aromatic carbocycles. The van der Waals surface area contributed by atoms with Gasteiger partial charge in [0.15, 0.2) is 0 Å². The maximum Gasteiger partial charge on any atom is 0.313 e. The summed E-state index contributed by atoms with van der Waals surface area (Å²) in [5, 5.41) is 0. The van der Waals surface area contributed by atoms with E-state index < -0.39 is 0 Å². The molecule has 0 atom stereocenters. The topological polar surface area (TPSA) is 26.3 Å². The van der Waals surface area contributed by atoms with Crippen molar-refractivity contribution in [3.05, 3.63) is 12.3 Å². The lowest BCUT2D eigenvalue weighted by Gasteiger charge is -2.00. The number of hydrogen-bond donors (Lipinski definition) is 0. The van der Waals surface area contributed by atoms with E-state index in [1.54, 1.807) is 0 Å². The van der Waals surface area contributed by atoms with Crippen molar-refractivity contribution in [2.24, 2.45) is 5.92 Å². The molecular formula is C9H16O2. The van der Waals surface area contributed by atoms with Crippen LogP contribution in [-0.4, -0.2) is 5.97 Å². The Kier molecular flexibility index (Phi) is 5.53.